The Labute approximate surface area is 269 Å². The molecule has 3 aromatic heterocycles. The molecule has 0 atom stereocenters. The van der Waals surface area contributed by atoms with Crippen LogP contribution in [0.3, 0.4) is 0 Å². The molecule has 0 radical (unpaired) electrons. The second kappa shape index (κ2) is 17.3. The van der Waals surface area contributed by atoms with Crippen molar-refractivity contribution in [1.29, 1.82) is 0 Å². The minimum Gasteiger partial charge on any atom is -0.364 e. The molecular weight excluding hydrogens is 700 g/mol. The predicted octanol–water partition coefficient (Wildman–Crippen LogP) is 1.53. The fraction of sp³-hybridized carbons (Fsp3) is 0.208. The van der Waals surface area contributed by atoms with Gasteiger partial charge in [-0.1, -0.05) is 5.16 Å². The van der Waals surface area contributed by atoms with Gasteiger partial charge in [-0.3, -0.25) is 15.2 Å². The minimum atomic E-state index is -0.939. The first-order chi connectivity index (χ1) is 22.6. The number of hydrogen-bond donors (Lipinski definition) is 6. The van der Waals surface area contributed by atoms with Crippen LogP contribution >= 0.6 is 15.9 Å². The number of aliphatic imine (C=N–C) groups is 1. The molecule has 3 heterocycles. The highest BCUT2D eigenvalue weighted by molar-refractivity contribution is 9.10. The molecule has 5 rings (SSSR count). The summed E-state index contributed by atoms with van der Waals surface area (Å²) in [6, 6.07) is 7.93. The summed E-state index contributed by atoms with van der Waals surface area (Å²) in [7, 11) is 0. The fourth-order valence-corrected chi connectivity index (χ4v) is 3.67. The summed E-state index contributed by atoms with van der Waals surface area (Å²) < 4.78 is 40.9. The second-order valence-electron chi connectivity index (χ2n) is 8.66. The van der Waals surface area contributed by atoms with Crippen molar-refractivity contribution in [1.82, 2.24) is 35.8 Å². The fourth-order valence-electron chi connectivity index (χ4n) is 3.30. The number of aromatic nitrogens is 6. The zero-order chi connectivity index (χ0) is 34.5. The average molecular weight is 726 g/mol. The third-order valence-electron chi connectivity index (χ3n) is 5.43. The lowest BCUT2D eigenvalue weighted by atomic mass is 10.2. The number of nitro groups is 1. The Kier molecular flexibility index (Phi) is 13.2. The largest absolute Gasteiger partial charge is 0.446 e. The molecular formula is C24H26BrF2N13O7. The van der Waals surface area contributed by atoms with Crippen molar-refractivity contribution in [3.8, 4) is 17.2 Å². The Hall–Kier alpha value is -5.49. The number of nitrogens with two attached hydrogens (primary N) is 3. The van der Waals surface area contributed by atoms with Crippen LogP contribution in [0, 0.1) is 28.7 Å². The molecule has 0 fully saturated rings. The first kappa shape index (κ1) is 36.0. The van der Waals surface area contributed by atoms with Gasteiger partial charge in [-0.15, -0.1) is 4.63 Å². The smallest absolute Gasteiger partial charge is 0.364 e. The van der Waals surface area contributed by atoms with Crippen LogP contribution in [0.2, 0.25) is 0 Å². The maximum Gasteiger partial charge on any atom is 0.446 e. The van der Waals surface area contributed by atoms with Crippen molar-refractivity contribution in [2.45, 2.75) is 6.92 Å². The molecule has 0 unspecified atom stereocenters. The van der Waals surface area contributed by atoms with Crippen LogP contribution in [0.15, 0.2) is 64.4 Å². The van der Waals surface area contributed by atoms with Crippen LogP contribution in [0.25, 0.3) is 17.2 Å². The lowest BCUT2D eigenvalue weighted by Gasteiger charge is -2.05. The number of benzene rings is 2. The molecule has 9 N–H and O–H groups in total. The molecule has 0 bridgehead atoms. The zero-order valence-electron chi connectivity index (χ0n) is 24.1. The molecule has 0 saturated carbocycles. The number of anilines is 1. The van der Waals surface area contributed by atoms with Crippen LogP contribution in [0.4, 0.5) is 26.1 Å². The Morgan fingerprint density at radius 1 is 1.04 bits per heavy atom. The number of amidine groups is 1. The summed E-state index contributed by atoms with van der Waals surface area (Å²) in [5.74, 6) is -2.54. The molecule has 250 valence electrons. The third-order valence-corrected chi connectivity index (χ3v) is 6.03. The van der Waals surface area contributed by atoms with Gasteiger partial charge in [-0.25, -0.2) is 27.8 Å². The zero-order valence-corrected chi connectivity index (χ0v) is 25.7. The quantitative estimate of drug-likeness (QED) is 0.0543. The van der Waals surface area contributed by atoms with E-state index >= 15 is 0 Å². The van der Waals surface area contributed by atoms with E-state index in [0.29, 0.717) is 43.2 Å². The van der Waals surface area contributed by atoms with Crippen molar-refractivity contribution >= 4 is 39.1 Å². The predicted molar refractivity (Wildman–Crippen MR) is 162 cm³/mol. The Morgan fingerprint density at radius 2 is 1.74 bits per heavy atom. The first-order valence-corrected chi connectivity index (χ1v) is 13.8. The highest BCUT2D eigenvalue weighted by Gasteiger charge is 2.30. The van der Waals surface area contributed by atoms with E-state index in [1.807, 2.05) is 5.48 Å². The highest BCUT2D eigenvalue weighted by Crippen LogP contribution is 2.27. The minimum absolute atomic E-state index is 0.0155. The van der Waals surface area contributed by atoms with Gasteiger partial charge in [0, 0.05) is 26.2 Å². The van der Waals surface area contributed by atoms with Crippen molar-refractivity contribution in [3.05, 3.63) is 84.4 Å². The molecule has 0 amide bonds. The summed E-state index contributed by atoms with van der Waals surface area (Å²) in [6.07, 6.45) is 0. The topological polar surface area (TPSA) is 304 Å². The first-order valence-electron chi connectivity index (χ1n) is 13.0. The van der Waals surface area contributed by atoms with Gasteiger partial charge in [0.2, 0.25) is 11.6 Å². The maximum atomic E-state index is 13.3. The Morgan fingerprint density at radius 3 is 2.36 bits per heavy atom. The summed E-state index contributed by atoms with van der Waals surface area (Å²) >= 11 is 2.97. The maximum absolute atomic E-state index is 13.3. The number of rotatable bonds is 9. The van der Waals surface area contributed by atoms with E-state index in [9.17, 15) is 28.9 Å². The van der Waals surface area contributed by atoms with E-state index in [1.165, 1.54) is 30.3 Å². The molecule has 0 aliphatic carbocycles. The number of nitrogens with zero attached hydrogens (tertiary/aromatic N) is 8. The molecule has 47 heavy (non-hydrogen) atoms. The lowest BCUT2D eigenvalue weighted by molar-refractivity contribution is -0.390. The molecule has 5 aromatic rings. The molecule has 0 saturated heterocycles. The van der Waals surface area contributed by atoms with Gasteiger partial charge in [0.05, 0.1) is 15.8 Å². The summed E-state index contributed by atoms with van der Waals surface area (Å²) in [5.41, 5.74) is 18.0. The number of hydrogen-bond acceptors (Lipinski definition) is 17. The van der Waals surface area contributed by atoms with Gasteiger partial charge in [-0.2, -0.15) is 0 Å². The van der Waals surface area contributed by atoms with Crippen LogP contribution in [0.5, 0.6) is 0 Å². The van der Waals surface area contributed by atoms with Crippen LogP contribution in [-0.4, -0.2) is 72.5 Å². The van der Waals surface area contributed by atoms with Crippen LogP contribution in [-0.2, 0) is 0 Å². The van der Waals surface area contributed by atoms with Gasteiger partial charge >= 0.3 is 11.6 Å². The number of hydroxylamine groups is 1. The van der Waals surface area contributed by atoms with E-state index in [4.69, 9.17) is 17.2 Å². The van der Waals surface area contributed by atoms with Gasteiger partial charge in [-0.05, 0) is 85.2 Å². The third kappa shape index (κ3) is 9.27. The molecule has 0 aliphatic rings. The van der Waals surface area contributed by atoms with Gasteiger partial charge in [0.1, 0.15) is 11.6 Å². The number of aryl methyl sites for hydroxylation is 1. The van der Waals surface area contributed by atoms with E-state index in [2.05, 4.69) is 65.8 Å². The molecule has 23 heteroatoms. The van der Waals surface area contributed by atoms with E-state index in [-0.39, 0.29) is 33.3 Å². The van der Waals surface area contributed by atoms with Gasteiger partial charge < -0.3 is 32.6 Å². The van der Waals surface area contributed by atoms with Gasteiger partial charge in [0.25, 0.3) is 5.69 Å². The summed E-state index contributed by atoms with van der Waals surface area (Å²) in [6.45, 7) is 3.66. The highest BCUT2D eigenvalue weighted by atomic mass is 79.9. The van der Waals surface area contributed by atoms with E-state index in [1.54, 1.807) is 6.92 Å². The summed E-state index contributed by atoms with van der Waals surface area (Å²) in [5, 5.41) is 40.2. The van der Waals surface area contributed by atoms with Crippen LogP contribution in [0.1, 0.15) is 11.3 Å². The van der Waals surface area contributed by atoms with E-state index < -0.39 is 28.0 Å². The monoisotopic (exact) mass is 725 g/mol. The number of halogens is 3. The molecule has 0 aliphatic heterocycles. The van der Waals surface area contributed by atoms with Crippen molar-refractivity contribution in [3.63, 3.8) is 0 Å². The van der Waals surface area contributed by atoms with Crippen LogP contribution < -0.4 is 33.8 Å². The average Bonchev–Trinajstić information content (AvgIpc) is 3.82. The van der Waals surface area contributed by atoms with E-state index in [0.717, 1.165) is 10.6 Å². The SMILES string of the molecule is Cc1cc(N=C(NO)c2nonc2NCCN)ccc1F.NCCN.O=c1onc(-c2nonc2[N+](=O)[O-])n1-c1ccc(F)c(Br)c1. The van der Waals surface area contributed by atoms with Crippen molar-refractivity contribution in [2.75, 3.05) is 31.5 Å². The van der Waals surface area contributed by atoms with Crippen molar-refractivity contribution < 1.29 is 32.7 Å². The number of nitrogens with one attached hydrogen (secondary N) is 2. The van der Waals surface area contributed by atoms with Gasteiger partial charge in [0.15, 0.2) is 16.7 Å². The lowest BCUT2D eigenvalue weighted by Crippen LogP contribution is -2.23. The normalized spacial score (nSPS) is 10.9. The molecule has 0 spiro atoms. The standard InChI is InChI=1S/C12H15FN6O2.C10H3BrFN5O5.C2H8N2/c1-7-6-8(2-3-9(7)13)16-12(17-20)10-11(15-5-4-14)19-21-18-10;11-5-3-4(1-2-6(5)12)16-8(14-21-10(16)18)7-9(17(19)20)15-22-13-7;3-1-2-4/h2-3,6,20H,4-5,14H2,1H3,(H,15,19)(H,16,17);1-3H;1-4H2. The Bertz CT molecular complexity index is 1870. The molecule has 2 aromatic carbocycles. The molecule has 20 nitrogen and oxygen atoms in total. The second-order valence-corrected chi connectivity index (χ2v) is 9.51. The Balaban J connectivity index is 0.000000230. The van der Waals surface area contributed by atoms with Crippen molar-refractivity contribution in [2.24, 2.45) is 22.2 Å². The summed E-state index contributed by atoms with van der Waals surface area (Å²) in [4.78, 5) is 25.9.